The van der Waals surface area contributed by atoms with Crippen LogP contribution in [0.15, 0.2) is 24.5 Å². The molecule has 0 unspecified atom stereocenters. The summed E-state index contributed by atoms with van der Waals surface area (Å²) in [6, 6.07) is 4.14. The monoisotopic (exact) mass is 340 g/mol. The topological polar surface area (TPSA) is 61.0 Å². The van der Waals surface area contributed by atoms with Gasteiger partial charge in [0, 0.05) is 37.3 Å². The van der Waals surface area contributed by atoms with Gasteiger partial charge in [0.05, 0.1) is 0 Å². The molecule has 2 saturated heterocycles. The molecule has 4 rings (SSSR count). The second kappa shape index (κ2) is 7.56. The fraction of sp³-hybridized carbons (Fsp3) is 0.600. The Kier molecular flexibility index (Phi) is 5.02. The summed E-state index contributed by atoms with van der Waals surface area (Å²) in [6.07, 6.45) is 10.3. The summed E-state index contributed by atoms with van der Waals surface area (Å²) in [5.41, 5.74) is 2.34. The Morgan fingerprint density at radius 2 is 2.00 bits per heavy atom. The van der Waals surface area contributed by atoms with E-state index < -0.39 is 0 Å². The molecular formula is C20H28N4O. The van der Waals surface area contributed by atoms with Crippen LogP contribution in [0, 0.1) is 5.92 Å². The fourth-order valence-electron chi connectivity index (χ4n) is 4.41. The van der Waals surface area contributed by atoms with Crippen LogP contribution in [-0.2, 0) is 4.79 Å². The summed E-state index contributed by atoms with van der Waals surface area (Å²) >= 11 is 0. The van der Waals surface area contributed by atoms with Crippen molar-refractivity contribution in [3.05, 3.63) is 30.1 Å². The highest BCUT2D eigenvalue weighted by molar-refractivity contribution is 5.80. The van der Waals surface area contributed by atoms with Gasteiger partial charge in [-0.25, -0.2) is 4.98 Å². The molecule has 4 heterocycles. The lowest BCUT2D eigenvalue weighted by atomic mass is 9.89. The number of rotatable bonds is 4. The number of carbonyl (C=O) groups excluding carboxylic acids is 1. The third kappa shape index (κ3) is 3.71. The summed E-state index contributed by atoms with van der Waals surface area (Å²) in [4.78, 5) is 22.3. The average Bonchev–Trinajstić information content (AvgIpc) is 3.11. The Morgan fingerprint density at radius 3 is 2.80 bits per heavy atom. The van der Waals surface area contributed by atoms with Crippen molar-refractivity contribution in [2.45, 2.75) is 44.4 Å². The van der Waals surface area contributed by atoms with Crippen molar-refractivity contribution in [3.8, 4) is 0 Å². The van der Waals surface area contributed by atoms with Crippen LogP contribution in [0.2, 0.25) is 0 Å². The van der Waals surface area contributed by atoms with E-state index in [9.17, 15) is 4.79 Å². The first kappa shape index (κ1) is 16.6. The van der Waals surface area contributed by atoms with Crippen molar-refractivity contribution in [1.29, 1.82) is 0 Å². The van der Waals surface area contributed by atoms with Crippen molar-refractivity contribution in [3.63, 3.8) is 0 Å². The number of hydrogen-bond donors (Lipinski definition) is 2. The Labute approximate surface area is 149 Å². The molecule has 2 aliphatic heterocycles. The van der Waals surface area contributed by atoms with Crippen LogP contribution in [0.1, 0.15) is 50.0 Å². The molecular weight excluding hydrogens is 312 g/mol. The van der Waals surface area contributed by atoms with Crippen LogP contribution in [0.3, 0.4) is 0 Å². The molecule has 0 radical (unpaired) electrons. The third-order valence-corrected chi connectivity index (χ3v) is 6.00. The van der Waals surface area contributed by atoms with E-state index in [1.165, 1.54) is 23.8 Å². The van der Waals surface area contributed by atoms with Crippen molar-refractivity contribution < 1.29 is 4.79 Å². The van der Waals surface area contributed by atoms with Gasteiger partial charge in [-0.3, -0.25) is 4.79 Å². The van der Waals surface area contributed by atoms with Gasteiger partial charge in [0.25, 0.3) is 0 Å². The van der Waals surface area contributed by atoms with E-state index in [0.29, 0.717) is 11.8 Å². The molecule has 5 nitrogen and oxygen atoms in total. The molecule has 0 saturated carbocycles. The number of amides is 1. The fourth-order valence-corrected chi connectivity index (χ4v) is 4.41. The molecule has 25 heavy (non-hydrogen) atoms. The Balaban J connectivity index is 1.29. The SMILES string of the molecule is O=C(CCC1CCNCC1)N1CCC(c2c[nH]c3ncccc23)CC1. The summed E-state index contributed by atoms with van der Waals surface area (Å²) in [5, 5.41) is 4.63. The van der Waals surface area contributed by atoms with E-state index in [-0.39, 0.29) is 0 Å². The van der Waals surface area contributed by atoms with E-state index in [2.05, 4.69) is 32.4 Å². The highest BCUT2D eigenvalue weighted by atomic mass is 16.2. The first-order chi connectivity index (χ1) is 12.3. The standard InChI is InChI=1S/C20H28N4O/c25-19(4-3-15-5-10-21-11-6-15)24-12-7-16(8-13-24)18-14-23-20-17(18)2-1-9-22-20/h1-2,9,14-16,21H,3-8,10-13H2,(H,22,23). The summed E-state index contributed by atoms with van der Waals surface area (Å²) in [7, 11) is 0. The molecule has 5 heteroatoms. The van der Waals surface area contributed by atoms with Crippen LogP contribution >= 0.6 is 0 Å². The molecule has 0 atom stereocenters. The third-order valence-electron chi connectivity index (χ3n) is 6.00. The van der Waals surface area contributed by atoms with E-state index in [0.717, 1.165) is 63.4 Å². The van der Waals surface area contributed by atoms with Crippen LogP contribution in [0.5, 0.6) is 0 Å². The number of likely N-dealkylation sites (tertiary alicyclic amines) is 1. The maximum Gasteiger partial charge on any atom is 0.222 e. The first-order valence-electron chi connectivity index (χ1n) is 9.72. The predicted molar refractivity (Wildman–Crippen MR) is 99.5 cm³/mol. The number of nitrogens with one attached hydrogen (secondary N) is 2. The maximum atomic E-state index is 12.5. The normalized spacial score (nSPS) is 20.2. The zero-order valence-electron chi connectivity index (χ0n) is 14.8. The lowest BCUT2D eigenvalue weighted by molar-refractivity contribution is -0.132. The molecule has 2 aromatic heterocycles. The lowest BCUT2D eigenvalue weighted by Crippen LogP contribution is -2.38. The number of nitrogens with zero attached hydrogens (tertiary/aromatic N) is 2. The van der Waals surface area contributed by atoms with Gasteiger partial charge >= 0.3 is 0 Å². The predicted octanol–water partition coefficient (Wildman–Crippen LogP) is 3.05. The van der Waals surface area contributed by atoms with E-state index in [1.54, 1.807) is 0 Å². The number of hydrogen-bond acceptors (Lipinski definition) is 3. The van der Waals surface area contributed by atoms with Gasteiger partial charge < -0.3 is 15.2 Å². The van der Waals surface area contributed by atoms with Gasteiger partial charge in [-0.05, 0) is 74.7 Å². The number of fused-ring (bicyclic) bond motifs is 1. The van der Waals surface area contributed by atoms with Crippen LogP contribution < -0.4 is 5.32 Å². The van der Waals surface area contributed by atoms with Gasteiger partial charge in [-0.1, -0.05) is 0 Å². The zero-order valence-corrected chi connectivity index (χ0v) is 14.8. The molecule has 0 spiro atoms. The number of pyridine rings is 1. The quantitative estimate of drug-likeness (QED) is 0.899. The number of piperidine rings is 2. The number of H-pyrrole nitrogens is 1. The molecule has 2 N–H and O–H groups in total. The van der Waals surface area contributed by atoms with Gasteiger partial charge in [0.1, 0.15) is 5.65 Å². The van der Waals surface area contributed by atoms with Crippen molar-refractivity contribution in [2.24, 2.45) is 5.92 Å². The Hall–Kier alpha value is -1.88. The molecule has 134 valence electrons. The minimum atomic E-state index is 0.359. The van der Waals surface area contributed by atoms with Gasteiger partial charge in [0.2, 0.25) is 5.91 Å². The van der Waals surface area contributed by atoms with Crippen LogP contribution in [0.25, 0.3) is 11.0 Å². The minimum absolute atomic E-state index is 0.359. The molecule has 2 aliphatic rings. The molecule has 2 aromatic rings. The number of aromatic amines is 1. The van der Waals surface area contributed by atoms with Crippen molar-refractivity contribution in [2.75, 3.05) is 26.2 Å². The lowest BCUT2D eigenvalue weighted by Gasteiger charge is -2.32. The van der Waals surface area contributed by atoms with Gasteiger partial charge in [-0.2, -0.15) is 0 Å². The first-order valence-corrected chi connectivity index (χ1v) is 9.72. The van der Waals surface area contributed by atoms with Crippen molar-refractivity contribution in [1.82, 2.24) is 20.2 Å². The van der Waals surface area contributed by atoms with Crippen LogP contribution in [-0.4, -0.2) is 47.0 Å². The van der Waals surface area contributed by atoms with E-state index in [1.807, 2.05) is 12.3 Å². The number of aromatic nitrogens is 2. The Bertz CT molecular complexity index is 711. The average molecular weight is 340 g/mol. The van der Waals surface area contributed by atoms with Crippen molar-refractivity contribution >= 4 is 16.9 Å². The smallest absolute Gasteiger partial charge is 0.222 e. The summed E-state index contributed by atoms with van der Waals surface area (Å²) in [6.45, 7) is 4.01. The molecule has 0 aliphatic carbocycles. The van der Waals surface area contributed by atoms with E-state index >= 15 is 0 Å². The molecule has 0 bridgehead atoms. The number of carbonyl (C=O) groups is 1. The van der Waals surface area contributed by atoms with Crippen LogP contribution in [0.4, 0.5) is 0 Å². The summed E-state index contributed by atoms with van der Waals surface area (Å²) < 4.78 is 0. The Morgan fingerprint density at radius 1 is 1.20 bits per heavy atom. The minimum Gasteiger partial charge on any atom is -0.346 e. The summed E-state index contributed by atoms with van der Waals surface area (Å²) in [5.74, 6) is 1.63. The second-order valence-electron chi connectivity index (χ2n) is 7.53. The largest absolute Gasteiger partial charge is 0.346 e. The maximum absolute atomic E-state index is 12.5. The van der Waals surface area contributed by atoms with Gasteiger partial charge in [-0.15, -0.1) is 0 Å². The molecule has 0 aromatic carbocycles. The highest BCUT2D eigenvalue weighted by Crippen LogP contribution is 2.32. The zero-order chi connectivity index (χ0) is 17.1. The van der Waals surface area contributed by atoms with Gasteiger partial charge in [0.15, 0.2) is 0 Å². The molecule has 2 fully saturated rings. The second-order valence-corrected chi connectivity index (χ2v) is 7.53. The highest BCUT2D eigenvalue weighted by Gasteiger charge is 2.26. The molecule has 1 amide bonds. The van der Waals surface area contributed by atoms with E-state index in [4.69, 9.17) is 0 Å².